The number of imidazole rings is 1. The zero-order valence-corrected chi connectivity index (χ0v) is 16.1. The molecule has 0 N–H and O–H groups in total. The molecule has 4 aromatic rings. The van der Waals surface area contributed by atoms with Crippen LogP contribution in [0.15, 0.2) is 55.1 Å². The average Bonchev–Trinajstić information content (AvgIpc) is 3.32. The van der Waals surface area contributed by atoms with Crippen LogP contribution in [0.25, 0.3) is 16.9 Å². The third-order valence-corrected chi connectivity index (χ3v) is 4.51. The molecular formula is C21H19N5O3. The van der Waals surface area contributed by atoms with E-state index in [9.17, 15) is 9.59 Å². The Hall–Kier alpha value is -3.81. The molecule has 0 radical (unpaired) electrons. The summed E-state index contributed by atoms with van der Waals surface area (Å²) < 4.78 is 8.21. The minimum absolute atomic E-state index is 0.0238. The number of nitrogens with zero attached hydrogens (tertiary/aromatic N) is 5. The Labute approximate surface area is 166 Å². The van der Waals surface area contributed by atoms with Crippen LogP contribution in [0.2, 0.25) is 0 Å². The Morgan fingerprint density at radius 2 is 1.97 bits per heavy atom. The SMILES string of the molecule is CCOC(=O)c1cnn(C)c1C(=O)Cc1cc2nc(-c3ccccc3)cn2cn1. The smallest absolute Gasteiger partial charge is 0.342 e. The Kier molecular flexibility index (Phi) is 4.90. The quantitative estimate of drug-likeness (QED) is 0.372. The summed E-state index contributed by atoms with van der Waals surface area (Å²) in [6.07, 6.45) is 4.90. The number of benzene rings is 1. The van der Waals surface area contributed by atoms with E-state index in [1.165, 1.54) is 10.9 Å². The van der Waals surface area contributed by atoms with Gasteiger partial charge in [-0.05, 0) is 6.92 Å². The third kappa shape index (κ3) is 3.64. The van der Waals surface area contributed by atoms with Crippen LogP contribution in [-0.2, 0) is 18.2 Å². The number of carbonyl (C=O) groups is 2. The monoisotopic (exact) mass is 389 g/mol. The zero-order valence-electron chi connectivity index (χ0n) is 16.1. The van der Waals surface area contributed by atoms with E-state index < -0.39 is 5.97 Å². The van der Waals surface area contributed by atoms with Gasteiger partial charge in [0.2, 0.25) is 0 Å². The number of fused-ring (bicyclic) bond motifs is 1. The minimum Gasteiger partial charge on any atom is -0.462 e. The van der Waals surface area contributed by atoms with Crippen LogP contribution in [0.3, 0.4) is 0 Å². The number of ether oxygens (including phenoxy) is 1. The second kappa shape index (κ2) is 7.67. The summed E-state index contributed by atoms with van der Waals surface area (Å²) in [6.45, 7) is 1.94. The number of rotatable bonds is 6. The van der Waals surface area contributed by atoms with Crippen LogP contribution in [-0.4, -0.2) is 42.5 Å². The molecular weight excluding hydrogens is 370 g/mol. The average molecular weight is 389 g/mol. The number of Topliss-reactive ketones (excluding diaryl/α,β-unsaturated/α-hetero) is 1. The molecule has 146 valence electrons. The summed E-state index contributed by atoms with van der Waals surface area (Å²) in [5.74, 6) is -0.826. The van der Waals surface area contributed by atoms with Gasteiger partial charge in [0.25, 0.3) is 0 Å². The number of ketones is 1. The topological polar surface area (TPSA) is 91.4 Å². The molecule has 8 nitrogen and oxygen atoms in total. The van der Waals surface area contributed by atoms with Gasteiger partial charge >= 0.3 is 5.97 Å². The van der Waals surface area contributed by atoms with Crippen molar-refractivity contribution in [2.75, 3.05) is 6.61 Å². The van der Waals surface area contributed by atoms with E-state index in [1.54, 1.807) is 26.4 Å². The Balaban J connectivity index is 1.61. The van der Waals surface area contributed by atoms with Crippen LogP contribution in [0.4, 0.5) is 0 Å². The maximum atomic E-state index is 12.9. The van der Waals surface area contributed by atoms with Gasteiger partial charge in [-0.15, -0.1) is 0 Å². The van der Waals surface area contributed by atoms with E-state index in [2.05, 4.69) is 15.1 Å². The molecule has 0 saturated heterocycles. The van der Waals surface area contributed by atoms with Crippen LogP contribution in [0, 0.1) is 0 Å². The van der Waals surface area contributed by atoms with Gasteiger partial charge < -0.3 is 4.74 Å². The molecule has 0 fully saturated rings. The summed E-state index contributed by atoms with van der Waals surface area (Å²) >= 11 is 0. The summed E-state index contributed by atoms with van der Waals surface area (Å²) in [5.41, 5.74) is 3.45. The fourth-order valence-electron chi connectivity index (χ4n) is 3.15. The lowest BCUT2D eigenvalue weighted by Crippen LogP contribution is -2.16. The maximum absolute atomic E-state index is 12.9. The predicted octanol–water partition coefficient (Wildman–Crippen LogP) is 2.73. The molecule has 3 aromatic heterocycles. The highest BCUT2D eigenvalue weighted by molar-refractivity contribution is 6.05. The summed E-state index contributed by atoms with van der Waals surface area (Å²) in [6, 6.07) is 11.6. The molecule has 3 heterocycles. The van der Waals surface area contributed by atoms with Crippen molar-refractivity contribution < 1.29 is 14.3 Å². The highest BCUT2D eigenvalue weighted by Crippen LogP contribution is 2.19. The van der Waals surface area contributed by atoms with Crippen molar-refractivity contribution in [3.8, 4) is 11.3 Å². The van der Waals surface area contributed by atoms with Crippen molar-refractivity contribution in [3.05, 3.63) is 72.1 Å². The third-order valence-electron chi connectivity index (χ3n) is 4.51. The number of carbonyl (C=O) groups excluding carboxylic acids is 2. The molecule has 4 rings (SSSR count). The van der Waals surface area contributed by atoms with Crippen molar-refractivity contribution in [2.24, 2.45) is 7.05 Å². The minimum atomic E-state index is -0.562. The second-order valence-corrected chi connectivity index (χ2v) is 6.49. The lowest BCUT2D eigenvalue weighted by molar-refractivity contribution is 0.0522. The van der Waals surface area contributed by atoms with Gasteiger partial charge in [0.05, 0.1) is 30.6 Å². The molecule has 0 amide bonds. The largest absolute Gasteiger partial charge is 0.462 e. The number of esters is 1. The van der Waals surface area contributed by atoms with Crippen molar-refractivity contribution in [1.29, 1.82) is 0 Å². The number of hydrogen-bond acceptors (Lipinski definition) is 6. The van der Waals surface area contributed by atoms with E-state index in [0.29, 0.717) is 11.3 Å². The standard InChI is InChI=1S/C21H19N5O3/c1-3-29-21(28)16-11-23-25(2)20(16)18(27)9-15-10-19-24-17(12-26(19)13-22-15)14-7-5-4-6-8-14/h4-8,10-13H,3,9H2,1-2H3. The van der Waals surface area contributed by atoms with Crippen molar-refractivity contribution >= 4 is 17.4 Å². The lowest BCUT2D eigenvalue weighted by Gasteiger charge is -2.05. The first-order chi connectivity index (χ1) is 14.1. The molecule has 0 unspecified atom stereocenters. The van der Waals surface area contributed by atoms with Crippen molar-refractivity contribution in [2.45, 2.75) is 13.3 Å². The second-order valence-electron chi connectivity index (χ2n) is 6.49. The van der Waals surface area contributed by atoms with Gasteiger partial charge in [0, 0.05) is 24.9 Å². The van der Waals surface area contributed by atoms with Gasteiger partial charge in [-0.2, -0.15) is 5.10 Å². The molecule has 0 aliphatic carbocycles. The summed E-state index contributed by atoms with van der Waals surface area (Å²) in [5, 5.41) is 4.03. The van der Waals surface area contributed by atoms with E-state index in [0.717, 1.165) is 11.3 Å². The van der Waals surface area contributed by atoms with E-state index in [-0.39, 0.29) is 30.1 Å². The molecule has 0 bridgehead atoms. The predicted molar refractivity (Wildman–Crippen MR) is 106 cm³/mol. The Morgan fingerprint density at radius 1 is 1.17 bits per heavy atom. The number of aryl methyl sites for hydroxylation is 1. The highest BCUT2D eigenvalue weighted by Gasteiger charge is 2.23. The van der Waals surface area contributed by atoms with Crippen molar-refractivity contribution in [3.63, 3.8) is 0 Å². The maximum Gasteiger partial charge on any atom is 0.342 e. The first-order valence-electron chi connectivity index (χ1n) is 9.18. The zero-order chi connectivity index (χ0) is 20.4. The van der Waals surface area contributed by atoms with Gasteiger partial charge in [-0.3, -0.25) is 13.9 Å². The molecule has 0 saturated carbocycles. The summed E-state index contributed by atoms with van der Waals surface area (Å²) in [4.78, 5) is 33.9. The molecule has 0 spiro atoms. The fraction of sp³-hybridized carbons (Fsp3) is 0.190. The van der Waals surface area contributed by atoms with Crippen molar-refractivity contribution in [1.82, 2.24) is 24.1 Å². The van der Waals surface area contributed by atoms with Gasteiger partial charge in [-0.1, -0.05) is 30.3 Å². The molecule has 0 atom stereocenters. The van der Waals surface area contributed by atoms with Gasteiger partial charge in [-0.25, -0.2) is 14.8 Å². The Morgan fingerprint density at radius 3 is 2.72 bits per heavy atom. The van der Waals surface area contributed by atoms with Gasteiger partial charge in [0.15, 0.2) is 5.78 Å². The van der Waals surface area contributed by atoms with Crippen LogP contribution in [0.5, 0.6) is 0 Å². The first kappa shape index (κ1) is 18.5. The Bertz CT molecular complexity index is 1190. The highest BCUT2D eigenvalue weighted by atomic mass is 16.5. The molecule has 1 aromatic carbocycles. The van der Waals surface area contributed by atoms with Crippen LogP contribution < -0.4 is 0 Å². The van der Waals surface area contributed by atoms with Crippen LogP contribution >= 0.6 is 0 Å². The lowest BCUT2D eigenvalue weighted by atomic mass is 10.1. The van der Waals surface area contributed by atoms with Crippen LogP contribution in [0.1, 0.15) is 33.5 Å². The van der Waals surface area contributed by atoms with E-state index in [4.69, 9.17) is 4.74 Å². The van der Waals surface area contributed by atoms with E-state index in [1.807, 2.05) is 40.9 Å². The molecule has 0 aliphatic rings. The number of aromatic nitrogens is 5. The summed E-state index contributed by atoms with van der Waals surface area (Å²) in [7, 11) is 1.62. The molecule has 8 heteroatoms. The number of hydrogen-bond donors (Lipinski definition) is 0. The normalized spacial score (nSPS) is 11.0. The van der Waals surface area contributed by atoms with Gasteiger partial charge in [0.1, 0.15) is 23.2 Å². The first-order valence-corrected chi connectivity index (χ1v) is 9.18. The van der Waals surface area contributed by atoms with E-state index >= 15 is 0 Å². The molecule has 0 aliphatic heterocycles. The fourth-order valence-corrected chi connectivity index (χ4v) is 3.15. The molecule has 29 heavy (non-hydrogen) atoms.